The minimum Gasteiger partial charge on any atom is -0.491 e. The second kappa shape index (κ2) is 9.47. The number of carbonyl (C=O) groups is 2. The van der Waals surface area contributed by atoms with Gasteiger partial charge in [0, 0.05) is 31.1 Å². The topological polar surface area (TPSA) is 80.8 Å². The molecular formula is C24H25N3O4. The number of anilines is 1. The fraction of sp³-hybridized carbons (Fsp3) is 0.292. The summed E-state index contributed by atoms with van der Waals surface area (Å²) in [6.45, 7) is 3.01. The van der Waals surface area contributed by atoms with Gasteiger partial charge in [-0.05, 0) is 37.6 Å². The van der Waals surface area contributed by atoms with Crippen molar-refractivity contribution in [3.05, 3.63) is 60.8 Å². The van der Waals surface area contributed by atoms with Gasteiger partial charge < -0.3 is 19.7 Å². The van der Waals surface area contributed by atoms with Crippen LogP contribution in [-0.2, 0) is 9.59 Å². The molecule has 1 aliphatic heterocycles. The standard InChI is InChI=1S/C24H25N3O4/c1-17-24(29)27(19-9-2-3-10-20(19)31-17)15-12-22(28)25-14-6-16-30-21-11-4-7-18-8-5-13-26-23(18)21/h2-5,7-11,13,17H,6,12,14-16H2,1H3,(H,25,28). The van der Waals surface area contributed by atoms with Crippen LogP contribution in [0.3, 0.4) is 0 Å². The van der Waals surface area contributed by atoms with Gasteiger partial charge in [0.05, 0.1) is 12.3 Å². The minimum atomic E-state index is -0.557. The number of rotatable bonds is 8. The van der Waals surface area contributed by atoms with E-state index in [0.717, 1.165) is 16.7 Å². The summed E-state index contributed by atoms with van der Waals surface area (Å²) in [4.78, 5) is 30.7. The number of benzene rings is 2. The lowest BCUT2D eigenvalue weighted by molar-refractivity contribution is -0.125. The van der Waals surface area contributed by atoms with Crippen LogP contribution in [0.2, 0.25) is 0 Å². The normalized spacial score (nSPS) is 15.3. The van der Waals surface area contributed by atoms with Crippen molar-refractivity contribution in [1.29, 1.82) is 0 Å². The van der Waals surface area contributed by atoms with Crippen LogP contribution in [0.4, 0.5) is 5.69 Å². The van der Waals surface area contributed by atoms with Crippen molar-refractivity contribution >= 4 is 28.4 Å². The van der Waals surface area contributed by atoms with Crippen molar-refractivity contribution < 1.29 is 19.1 Å². The summed E-state index contributed by atoms with van der Waals surface area (Å²) in [5.41, 5.74) is 1.54. The van der Waals surface area contributed by atoms with Crippen LogP contribution in [-0.4, -0.2) is 42.6 Å². The van der Waals surface area contributed by atoms with E-state index in [1.54, 1.807) is 18.0 Å². The average molecular weight is 419 g/mol. The van der Waals surface area contributed by atoms with Crippen LogP contribution in [0.1, 0.15) is 19.8 Å². The maximum absolute atomic E-state index is 12.5. The van der Waals surface area contributed by atoms with Gasteiger partial charge in [-0.3, -0.25) is 14.6 Å². The Morgan fingerprint density at radius 2 is 2.00 bits per heavy atom. The monoisotopic (exact) mass is 419 g/mol. The fourth-order valence-corrected chi connectivity index (χ4v) is 3.57. The summed E-state index contributed by atoms with van der Waals surface area (Å²) in [6.07, 6.45) is 2.08. The zero-order valence-electron chi connectivity index (χ0n) is 17.4. The van der Waals surface area contributed by atoms with E-state index >= 15 is 0 Å². The first kappa shape index (κ1) is 20.7. The number of hydrogen-bond donors (Lipinski definition) is 1. The van der Waals surface area contributed by atoms with Gasteiger partial charge in [0.1, 0.15) is 17.0 Å². The molecule has 2 amide bonds. The van der Waals surface area contributed by atoms with Crippen molar-refractivity contribution in [3.8, 4) is 11.5 Å². The van der Waals surface area contributed by atoms with Crippen LogP contribution in [0.15, 0.2) is 60.8 Å². The predicted octanol–water partition coefficient (Wildman–Crippen LogP) is 3.32. The smallest absolute Gasteiger partial charge is 0.267 e. The van der Waals surface area contributed by atoms with Crippen LogP contribution in [0.25, 0.3) is 10.9 Å². The summed E-state index contributed by atoms with van der Waals surface area (Å²) < 4.78 is 11.5. The van der Waals surface area contributed by atoms with Gasteiger partial charge in [0.25, 0.3) is 5.91 Å². The van der Waals surface area contributed by atoms with E-state index in [4.69, 9.17) is 9.47 Å². The molecule has 2 heterocycles. The zero-order chi connectivity index (χ0) is 21.6. The Hall–Kier alpha value is -3.61. The first-order valence-corrected chi connectivity index (χ1v) is 10.4. The molecule has 3 aromatic rings. The minimum absolute atomic E-state index is 0.101. The first-order valence-electron chi connectivity index (χ1n) is 10.4. The number of para-hydroxylation sites is 3. The molecule has 0 saturated heterocycles. The van der Waals surface area contributed by atoms with E-state index in [2.05, 4.69) is 10.3 Å². The highest BCUT2D eigenvalue weighted by molar-refractivity contribution is 6.00. The molecule has 160 valence electrons. The molecule has 0 spiro atoms. The Kier molecular flexibility index (Phi) is 6.31. The Labute approximate surface area is 181 Å². The number of hydrogen-bond acceptors (Lipinski definition) is 5. The van der Waals surface area contributed by atoms with E-state index in [1.165, 1.54) is 0 Å². The predicted molar refractivity (Wildman–Crippen MR) is 118 cm³/mol. The Bertz CT molecular complexity index is 1080. The summed E-state index contributed by atoms with van der Waals surface area (Å²) in [6, 6.07) is 17.1. The van der Waals surface area contributed by atoms with Gasteiger partial charge in [-0.1, -0.05) is 30.3 Å². The maximum Gasteiger partial charge on any atom is 0.267 e. The molecule has 31 heavy (non-hydrogen) atoms. The van der Waals surface area contributed by atoms with Gasteiger partial charge in [0.15, 0.2) is 6.10 Å². The van der Waals surface area contributed by atoms with E-state index in [0.29, 0.717) is 37.6 Å². The first-order chi connectivity index (χ1) is 15.1. The Balaban J connectivity index is 1.22. The summed E-state index contributed by atoms with van der Waals surface area (Å²) in [5, 5.41) is 3.92. The number of nitrogens with zero attached hydrogens (tertiary/aromatic N) is 2. The number of nitrogens with one attached hydrogen (secondary N) is 1. The van der Waals surface area contributed by atoms with Gasteiger partial charge in [-0.15, -0.1) is 0 Å². The van der Waals surface area contributed by atoms with Gasteiger partial charge in [-0.2, -0.15) is 0 Å². The van der Waals surface area contributed by atoms with Crippen molar-refractivity contribution in [1.82, 2.24) is 10.3 Å². The molecule has 1 atom stereocenters. The largest absolute Gasteiger partial charge is 0.491 e. The van der Waals surface area contributed by atoms with Crippen LogP contribution >= 0.6 is 0 Å². The molecule has 0 radical (unpaired) electrons. The molecule has 1 N–H and O–H groups in total. The van der Waals surface area contributed by atoms with Gasteiger partial charge in [-0.25, -0.2) is 0 Å². The SMILES string of the molecule is CC1Oc2ccccc2N(CCC(=O)NCCCOc2cccc3cccnc23)C1=O. The number of carbonyl (C=O) groups excluding carboxylic acids is 2. The number of pyridine rings is 1. The summed E-state index contributed by atoms with van der Waals surface area (Å²) in [7, 11) is 0. The number of aromatic nitrogens is 1. The lowest BCUT2D eigenvalue weighted by Gasteiger charge is -2.32. The lowest BCUT2D eigenvalue weighted by Crippen LogP contribution is -2.45. The molecular weight excluding hydrogens is 394 g/mol. The second-order valence-electron chi connectivity index (χ2n) is 7.35. The highest BCUT2D eigenvalue weighted by Gasteiger charge is 2.31. The van der Waals surface area contributed by atoms with Crippen molar-refractivity contribution in [3.63, 3.8) is 0 Å². The van der Waals surface area contributed by atoms with Gasteiger partial charge in [0.2, 0.25) is 5.91 Å². The molecule has 0 bridgehead atoms. The van der Waals surface area contributed by atoms with Crippen molar-refractivity contribution in [2.45, 2.75) is 25.9 Å². The van der Waals surface area contributed by atoms with E-state index in [-0.39, 0.29) is 18.2 Å². The Morgan fingerprint density at radius 3 is 2.90 bits per heavy atom. The zero-order valence-corrected chi connectivity index (χ0v) is 17.4. The molecule has 7 heteroatoms. The van der Waals surface area contributed by atoms with Crippen molar-refractivity contribution in [2.24, 2.45) is 0 Å². The van der Waals surface area contributed by atoms with Crippen LogP contribution in [0, 0.1) is 0 Å². The van der Waals surface area contributed by atoms with Crippen molar-refractivity contribution in [2.75, 3.05) is 24.6 Å². The molecule has 0 saturated carbocycles. The average Bonchev–Trinajstić information content (AvgIpc) is 2.79. The summed E-state index contributed by atoms with van der Waals surface area (Å²) >= 11 is 0. The summed E-state index contributed by atoms with van der Waals surface area (Å²) in [5.74, 6) is 1.16. The lowest BCUT2D eigenvalue weighted by atomic mass is 10.1. The third kappa shape index (κ3) is 4.77. The van der Waals surface area contributed by atoms with Crippen LogP contribution in [0.5, 0.6) is 11.5 Å². The molecule has 2 aromatic carbocycles. The third-order valence-corrected chi connectivity index (χ3v) is 5.13. The van der Waals surface area contributed by atoms with Gasteiger partial charge >= 0.3 is 0 Å². The Morgan fingerprint density at radius 1 is 1.16 bits per heavy atom. The quantitative estimate of drug-likeness (QED) is 0.567. The highest BCUT2D eigenvalue weighted by atomic mass is 16.5. The molecule has 0 aliphatic carbocycles. The highest BCUT2D eigenvalue weighted by Crippen LogP contribution is 2.33. The molecule has 4 rings (SSSR count). The van der Waals surface area contributed by atoms with E-state index in [1.807, 2.05) is 54.6 Å². The number of fused-ring (bicyclic) bond motifs is 2. The molecule has 1 unspecified atom stereocenters. The fourth-order valence-electron chi connectivity index (χ4n) is 3.57. The second-order valence-corrected chi connectivity index (χ2v) is 7.35. The van der Waals surface area contributed by atoms with Crippen LogP contribution < -0.4 is 19.7 Å². The number of amides is 2. The molecule has 7 nitrogen and oxygen atoms in total. The maximum atomic E-state index is 12.5. The molecule has 1 aliphatic rings. The van der Waals surface area contributed by atoms with E-state index in [9.17, 15) is 9.59 Å². The third-order valence-electron chi connectivity index (χ3n) is 5.13. The number of ether oxygens (including phenoxy) is 2. The molecule has 1 aromatic heterocycles. The molecule has 0 fully saturated rings. The van der Waals surface area contributed by atoms with E-state index < -0.39 is 6.10 Å².